The summed E-state index contributed by atoms with van der Waals surface area (Å²) in [6.07, 6.45) is 1.46. The molecule has 2 unspecified atom stereocenters. The van der Waals surface area contributed by atoms with Crippen LogP contribution >= 0.6 is 0 Å². The van der Waals surface area contributed by atoms with E-state index in [9.17, 15) is 9.90 Å². The number of aliphatic hydroxyl groups excluding tert-OH is 1. The molecule has 4 nitrogen and oxygen atoms in total. The first-order chi connectivity index (χ1) is 6.11. The lowest BCUT2D eigenvalue weighted by Gasteiger charge is -2.19. The van der Waals surface area contributed by atoms with E-state index in [0.29, 0.717) is 0 Å². The quantitative estimate of drug-likeness (QED) is 0.563. The standard InChI is InChI=1S/C9H18N2O2/c1-6(7(2)12)11-9(13)8-4-3-5-10-8/h6-8,10,12H,3-5H2,1-2H3,(H,11,13)/t6?,7?,8-/m0/s1. The Kier molecular flexibility index (Phi) is 3.69. The zero-order valence-corrected chi connectivity index (χ0v) is 8.21. The molecule has 0 aliphatic carbocycles. The Balaban J connectivity index is 2.31. The van der Waals surface area contributed by atoms with Crippen LogP contribution in [0.4, 0.5) is 0 Å². The van der Waals surface area contributed by atoms with Gasteiger partial charge in [-0.3, -0.25) is 4.79 Å². The van der Waals surface area contributed by atoms with Crippen LogP contribution in [0.2, 0.25) is 0 Å². The summed E-state index contributed by atoms with van der Waals surface area (Å²) in [7, 11) is 0. The largest absolute Gasteiger partial charge is 0.391 e. The van der Waals surface area contributed by atoms with Crippen molar-refractivity contribution in [1.82, 2.24) is 10.6 Å². The molecule has 4 heteroatoms. The van der Waals surface area contributed by atoms with Gasteiger partial charge in [0.1, 0.15) is 0 Å². The van der Waals surface area contributed by atoms with E-state index in [4.69, 9.17) is 0 Å². The third kappa shape index (κ3) is 2.97. The van der Waals surface area contributed by atoms with Crippen molar-refractivity contribution in [3.8, 4) is 0 Å². The second kappa shape index (κ2) is 4.58. The highest BCUT2D eigenvalue weighted by Gasteiger charge is 2.23. The van der Waals surface area contributed by atoms with Crippen molar-refractivity contribution in [2.75, 3.05) is 6.54 Å². The summed E-state index contributed by atoms with van der Waals surface area (Å²) in [4.78, 5) is 11.5. The minimum atomic E-state index is -0.495. The van der Waals surface area contributed by atoms with Gasteiger partial charge in [0, 0.05) is 0 Å². The maximum atomic E-state index is 11.5. The summed E-state index contributed by atoms with van der Waals surface area (Å²) in [5.74, 6) is 0.00546. The van der Waals surface area contributed by atoms with Crippen molar-refractivity contribution in [3.63, 3.8) is 0 Å². The maximum absolute atomic E-state index is 11.5. The van der Waals surface area contributed by atoms with Gasteiger partial charge < -0.3 is 15.7 Å². The van der Waals surface area contributed by atoms with Crippen LogP contribution in [0.1, 0.15) is 26.7 Å². The summed E-state index contributed by atoms with van der Waals surface area (Å²) in [6, 6.07) is -0.226. The molecule has 0 bridgehead atoms. The maximum Gasteiger partial charge on any atom is 0.237 e. The molecule has 1 rings (SSSR count). The van der Waals surface area contributed by atoms with Gasteiger partial charge in [-0.15, -0.1) is 0 Å². The molecule has 1 amide bonds. The fourth-order valence-corrected chi connectivity index (χ4v) is 1.35. The minimum absolute atomic E-state index is 0.00546. The van der Waals surface area contributed by atoms with E-state index in [1.807, 2.05) is 0 Å². The third-order valence-corrected chi connectivity index (χ3v) is 2.47. The molecule has 0 aromatic heterocycles. The summed E-state index contributed by atoms with van der Waals surface area (Å²) < 4.78 is 0. The normalized spacial score (nSPS) is 26.8. The number of amides is 1. The van der Waals surface area contributed by atoms with Crippen LogP contribution < -0.4 is 10.6 Å². The highest BCUT2D eigenvalue weighted by atomic mass is 16.3. The van der Waals surface area contributed by atoms with Crippen LogP contribution in [0.15, 0.2) is 0 Å². The van der Waals surface area contributed by atoms with Crippen molar-refractivity contribution < 1.29 is 9.90 Å². The molecule has 1 aliphatic rings. The number of carbonyl (C=O) groups excluding carboxylic acids is 1. The van der Waals surface area contributed by atoms with Gasteiger partial charge in [0.05, 0.1) is 18.2 Å². The third-order valence-electron chi connectivity index (χ3n) is 2.47. The molecule has 1 fully saturated rings. The molecule has 3 atom stereocenters. The van der Waals surface area contributed by atoms with Crippen LogP contribution in [0.25, 0.3) is 0 Å². The van der Waals surface area contributed by atoms with Gasteiger partial charge in [0.15, 0.2) is 0 Å². The van der Waals surface area contributed by atoms with Crippen molar-refractivity contribution >= 4 is 5.91 Å². The Morgan fingerprint density at radius 2 is 2.31 bits per heavy atom. The van der Waals surface area contributed by atoms with Gasteiger partial charge in [-0.25, -0.2) is 0 Å². The molecule has 3 N–H and O–H groups in total. The predicted molar refractivity (Wildman–Crippen MR) is 50.3 cm³/mol. The lowest BCUT2D eigenvalue weighted by atomic mass is 10.1. The Bertz CT molecular complexity index is 176. The van der Waals surface area contributed by atoms with E-state index in [1.165, 1.54) is 0 Å². The molecular weight excluding hydrogens is 168 g/mol. The molecule has 76 valence electrons. The van der Waals surface area contributed by atoms with Crippen molar-refractivity contribution in [3.05, 3.63) is 0 Å². The summed E-state index contributed by atoms with van der Waals surface area (Å²) >= 11 is 0. The van der Waals surface area contributed by atoms with E-state index < -0.39 is 6.10 Å². The van der Waals surface area contributed by atoms with Crippen molar-refractivity contribution in [2.24, 2.45) is 0 Å². The summed E-state index contributed by atoms with van der Waals surface area (Å²) in [5, 5.41) is 15.1. The number of rotatable bonds is 3. The fourth-order valence-electron chi connectivity index (χ4n) is 1.35. The van der Waals surface area contributed by atoms with E-state index in [0.717, 1.165) is 19.4 Å². The second-order valence-corrected chi connectivity index (χ2v) is 3.69. The molecule has 0 radical (unpaired) electrons. The topological polar surface area (TPSA) is 61.4 Å². The van der Waals surface area contributed by atoms with E-state index in [1.54, 1.807) is 13.8 Å². The van der Waals surface area contributed by atoms with Crippen LogP contribution in [0, 0.1) is 0 Å². The van der Waals surface area contributed by atoms with E-state index >= 15 is 0 Å². The van der Waals surface area contributed by atoms with Crippen LogP contribution in [-0.2, 0) is 4.79 Å². The van der Waals surface area contributed by atoms with Crippen LogP contribution in [0.5, 0.6) is 0 Å². The molecule has 0 saturated carbocycles. The highest BCUT2D eigenvalue weighted by Crippen LogP contribution is 2.05. The SMILES string of the molecule is CC(O)C(C)NC(=O)[C@@H]1CCCN1. The van der Waals surface area contributed by atoms with E-state index in [2.05, 4.69) is 10.6 Å². The molecular formula is C9H18N2O2. The van der Waals surface area contributed by atoms with Gasteiger partial charge >= 0.3 is 0 Å². The van der Waals surface area contributed by atoms with Crippen molar-refractivity contribution in [2.45, 2.75) is 44.9 Å². The lowest BCUT2D eigenvalue weighted by Crippen LogP contribution is -2.47. The van der Waals surface area contributed by atoms with E-state index in [-0.39, 0.29) is 18.0 Å². The summed E-state index contributed by atoms with van der Waals surface area (Å²) in [5.41, 5.74) is 0. The predicted octanol–water partition coefficient (Wildman–Crippen LogP) is -0.376. The Morgan fingerprint density at radius 1 is 1.62 bits per heavy atom. The number of aliphatic hydroxyl groups is 1. The fraction of sp³-hybridized carbons (Fsp3) is 0.889. The number of hydrogen-bond donors (Lipinski definition) is 3. The molecule has 1 saturated heterocycles. The zero-order chi connectivity index (χ0) is 9.84. The molecule has 13 heavy (non-hydrogen) atoms. The monoisotopic (exact) mass is 186 g/mol. The number of hydrogen-bond acceptors (Lipinski definition) is 3. The van der Waals surface area contributed by atoms with Gasteiger partial charge in [-0.2, -0.15) is 0 Å². The minimum Gasteiger partial charge on any atom is -0.391 e. The zero-order valence-electron chi connectivity index (χ0n) is 8.21. The first-order valence-electron chi connectivity index (χ1n) is 4.83. The molecule has 1 aliphatic heterocycles. The summed E-state index contributed by atoms with van der Waals surface area (Å²) in [6.45, 7) is 4.39. The number of carbonyl (C=O) groups is 1. The van der Waals surface area contributed by atoms with Crippen LogP contribution in [0.3, 0.4) is 0 Å². The Hall–Kier alpha value is -0.610. The number of nitrogens with one attached hydrogen (secondary N) is 2. The highest BCUT2D eigenvalue weighted by molar-refractivity contribution is 5.82. The lowest BCUT2D eigenvalue weighted by molar-refractivity contribution is -0.124. The molecule has 0 aromatic rings. The first kappa shape index (κ1) is 10.5. The van der Waals surface area contributed by atoms with Gasteiger partial charge in [0.2, 0.25) is 5.91 Å². The van der Waals surface area contributed by atoms with Crippen molar-refractivity contribution in [1.29, 1.82) is 0 Å². The second-order valence-electron chi connectivity index (χ2n) is 3.69. The smallest absolute Gasteiger partial charge is 0.237 e. The molecule has 1 heterocycles. The molecule has 0 aromatic carbocycles. The Labute approximate surface area is 78.7 Å². The van der Waals surface area contributed by atoms with Gasteiger partial charge in [0.25, 0.3) is 0 Å². The first-order valence-corrected chi connectivity index (χ1v) is 4.83. The average Bonchev–Trinajstić information content (AvgIpc) is 2.55. The van der Waals surface area contributed by atoms with Crippen LogP contribution in [-0.4, -0.2) is 35.7 Å². The van der Waals surface area contributed by atoms with Gasteiger partial charge in [-0.05, 0) is 33.2 Å². The average molecular weight is 186 g/mol. The molecule has 0 spiro atoms. The van der Waals surface area contributed by atoms with Gasteiger partial charge in [-0.1, -0.05) is 0 Å². The Morgan fingerprint density at radius 3 is 2.77 bits per heavy atom.